The Labute approximate surface area is 125 Å². The van der Waals surface area contributed by atoms with E-state index >= 15 is 0 Å². The van der Waals surface area contributed by atoms with Gasteiger partial charge in [0.2, 0.25) is 0 Å². The summed E-state index contributed by atoms with van der Waals surface area (Å²) in [5.74, 6) is 0.236. The van der Waals surface area contributed by atoms with Crippen molar-refractivity contribution in [3.63, 3.8) is 0 Å². The average Bonchev–Trinajstić information content (AvgIpc) is 2.66. The lowest BCUT2D eigenvalue weighted by Gasteiger charge is -2.29. The second kappa shape index (κ2) is 6.27. The monoisotopic (exact) mass is 297 g/mol. The first-order chi connectivity index (χ1) is 9.50. The van der Waals surface area contributed by atoms with E-state index in [1.54, 1.807) is 11.7 Å². The first kappa shape index (κ1) is 15.5. The highest BCUT2D eigenvalue weighted by Crippen LogP contribution is 2.36. The molecule has 0 aliphatic heterocycles. The fourth-order valence-electron chi connectivity index (χ4n) is 3.22. The van der Waals surface area contributed by atoms with Crippen molar-refractivity contribution in [2.45, 2.75) is 51.9 Å². The van der Waals surface area contributed by atoms with Crippen LogP contribution in [0.15, 0.2) is 0 Å². The molecule has 1 saturated carbocycles. The molecule has 0 amide bonds. The van der Waals surface area contributed by atoms with Gasteiger partial charge in [0.15, 0.2) is 0 Å². The van der Waals surface area contributed by atoms with Gasteiger partial charge in [0.1, 0.15) is 10.9 Å². The van der Waals surface area contributed by atoms with Crippen LogP contribution in [0.4, 0.5) is 0 Å². The second-order valence-electron chi connectivity index (χ2n) is 5.98. The molecule has 0 saturated heterocycles. The van der Waals surface area contributed by atoms with Crippen LogP contribution in [-0.2, 0) is 18.3 Å². The Morgan fingerprint density at radius 3 is 2.40 bits per heavy atom. The molecule has 1 aliphatic rings. The molecule has 20 heavy (non-hydrogen) atoms. The van der Waals surface area contributed by atoms with Gasteiger partial charge in [-0.05, 0) is 19.8 Å². The predicted octanol–water partition coefficient (Wildman–Crippen LogP) is 2.79. The standard InChI is InChI=1S/C15H24ClN3O/c1-11-12(14(16)19(2)18-11)9-13(20)15(10-17)7-5-3-4-6-8-15/h3-10,17H2,1-2H3. The van der Waals surface area contributed by atoms with Gasteiger partial charge >= 0.3 is 0 Å². The normalized spacial score (nSPS) is 18.8. The van der Waals surface area contributed by atoms with Gasteiger partial charge in [0.25, 0.3) is 0 Å². The largest absolute Gasteiger partial charge is 0.329 e. The maximum atomic E-state index is 12.8. The summed E-state index contributed by atoms with van der Waals surface area (Å²) >= 11 is 6.23. The van der Waals surface area contributed by atoms with Crippen LogP contribution in [0.25, 0.3) is 0 Å². The summed E-state index contributed by atoms with van der Waals surface area (Å²) in [6.07, 6.45) is 6.81. The molecular formula is C15H24ClN3O. The number of aromatic nitrogens is 2. The van der Waals surface area contributed by atoms with Crippen molar-refractivity contribution >= 4 is 17.4 Å². The fourth-order valence-corrected chi connectivity index (χ4v) is 3.47. The van der Waals surface area contributed by atoms with Gasteiger partial charge in [-0.3, -0.25) is 9.48 Å². The fraction of sp³-hybridized carbons (Fsp3) is 0.733. The summed E-state index contributed by atoms with van der Waals surface area (Å²) in [6.45, 7) is 2.35. The minimum absolute atomic E-state index is 0.236. The molecule has 0 aromatic carbocycles. The molecule has 0 atom stereocenters. The quantitative estimate of drug-likeness (QED) is 0.869. The summed E-state index contributed by atoms with van der Waals surface area (Å²) in [4.78, 5) is 12.8. The van der Waals surface area contributed by atoms with Crippen molar-refractivity contribution in [1.29, 1.82) is 0 Å². The molecule has 1 fully saturated rings. The number of Topliss-reactive ketones (excluding diaryl/α,β-unsaturated/α-hetero) is 1. The number of rotatable bonds is 4. The Balaban J connectivity index is 2.20. The van der Waals surface area contributed by atoms with Crippen molar-refractivity contribution in [1.82, 2.24) is 9.78 Å². The van der Waals surface area contributed by atoms with E-state index in [-0.39, 0.29) is 11.2 Å². The Bertz CT molecular complexity index is 488. The lowest BCUT2D eigenvalue weighted by atomic mass is 9.75. The van der Waals surface area contributed by atoms with Crippen LogP contribution in [0, 0.1) is 12.3 Å². The van der Waals surface area contributed by atoms with Crippen molar-refractivity contribution in [2.24, 2.45) is 18.2 Å². The third kappa shape index (κ3) is 2.91. The van der Waals surface area contributed by atoms with Crippen LogP contribution in [0.1, 0.15) is 49.8 Å². The molecule has 0 unspecified atom stereocenters. The van der Waals surface area contributed by atoms with Crippen LogP contribution in [0.2, 0.25) is 5.15 Å². The van der Waals surface area contributed by atoms with Crippen LogP contribution in [-0.4, -0.2) is 22.1 Å². The lowest BCUT2D eigenvalue weighted by molar-refractivity contribution is -0.128. The van der Waals surface area contributed by atoms with E-state index in [1.165, 1.54) is 12.8 Å². The highest BCUT2D eigenvalue weighted by Gasteiger charge is 2.37. The predicted molar refractivity (Wildman–Crippen MR) is 80.9 cm³/mol. The average molecular weight is 298 g/mol. The molecule has 5 heteroatoms. The van der Waals surface area contributed by atoms with Crippen molar-refractivity contribution in [3.8, 4) is 0 Å². The number of carbonyl (C=O) groups is 1. The smallest absolute Gasteiger partial charge is 0.144 e. The summed E-state index contributed by atoms with van der Waals surface area (Å²) in [7, 11) is 1.80. The molecular weight excluding hydrogens is 274 g/mol. The number of hydrogen-bond donors (Lipinski definition) is 1. The van der Waals surface area contributed by atoms with E-state index in [0.29, 0.717) is 18.1 Å². The third-order valence-corrected chi connectivity index (χ3v) is 5.12. The zero-order valence-corrected chi connectivity index (χ0v) is 13.2. The van der Waals surface area contributed by atoms with Crippen molar-refractivity contribution in [2.75, 3.05) is 6.54 Å². The zero-order valence-electron chi connectivity index (χ0n) is 12.4. The topological polar surface area (TPSA) is 60.9 Å². The molecule has 1 heterocycles. The minimum atomic E-state index is -0.345. The number of nitrogens with zero attached hydrogens (tertiary/aromatic N) is 2. The van der Waals surface area contributed by atoms with E-state index in [2.05, 4.69) is 5.10 Å². The van der Waals surface area contributed by atoms with Gasteiger partial charge in [-0.15, -0.1) is 0 Å². The number of aryl methyl sites for hydroxylation is 2. The molecule has 1 aromatic rings. The minimum Gasteiger partial charge on any atom is -0.329 e. The van der Waals surface area contributed by atoms with Gasteiger partial charge < -0.3 is 5.73 Å². The highest BCUT2D eigenvalue weighted by molar-refractivity contribution is 6.30. The van der Waals surface area contributed by atoms with Crippen LogP contribution in [0.5, 0.6) is 0 Å². The maximum absolute atomic E-state index is 12.8. The highest BCUT2D eigenvalue weighted by atomic mass is 35.5. The molecule has 1 aromatic heterocycles. The van der Waals surface area contributed by atoms with Gasteiger partial charge in [0.05, 0.1) is 5.69 Å². The number of carbonyl (C=O) groups excluding carboxylic acids is 1. The molecule has 2 rings (SSSR count). The molecule has 2 N–H and O–H groups in total. The van der Waals surface area contributed by atoms with Gasteiger partial charge in [-0.25, -0.2) is 0 Å². The molecule has 0 spiro atoms. The molecule has 4 nitrogen and oxygen atoms in total. The van der Waals surface area contributed by atoms with Gasteiger partial charge in [-0.2, -0.15) is 5.10 Å². The van der Waals surface area contributed by atoms with E-state index in [1.807, 2.05) is 6.92 Å². The van der Waals surface area contributed by atoms with Crippen molar-refractivity contribution < 1.29 is 4.79 Å². The van der Waals surface area contributed by atoms with E-state index in [9.17, 15) is 4.79 Å². The number of hydrogen-bond acceptors (Lipinski definition) is 3. The Kier molecular flexibility index (Phi) is 4.86. The summed E-state index contributed by atoms with van der Waals surface area (Å²) in [5, 5.41) is 4.84. The zero-order chi connectivity index (χ0) is 14.8. The Morgan fingerprint density at radius 1 is 1.35 bits per heavy atom. The molecule has 112 valence electrons. The second-order valence-corrected chi connectivity index (χ2v) is 6.34. The number of nitrogens with two attached hydrogens (primary N) is 1. The van der Waals surface area contributed by atoms with E-state index in [0.717, 1.165) is 36.9 Å². The molecule has 0 radical (unpaired) electrons. The lowest BCUT2D eigenvalue weighted by Crippen LogP contribution is -2.39. The summed E-state index contributed by atoms with van der Waals surface area (Å²) < 4.78 is 1.63. The third-order valence-electron chi connectivity index (χ3n) is 4.65. The maximum Gasteiger partial charge on any atom is 0.144 e. The first-order valence-corrected chi connectivity index (χ1v) is 7.79. The summed E-state index contributed by atoms with van der Waals surface area (Å²) in [5.41, 5.74) is 7.32. The van der Waals surface area contributed by atoms with E-state index < -0.39 is 0 Å². The molecule has 0 bridgehead atoms. The first-order valence-electron chi connectivity index (χ1n) is 7.41. The van der Waals surface area contributed by atoms with Crippen LogP contribution < -0.4 is 5.73 Å². The Morgan fingerprint density at radius 2 is 1.95 bits per heavy atom. The van der Waals surface area contributed by atoms with Gasteiger partial charge in [0, 0.05) is 31.0 Å². The number of ketones is 1. The SMILES string of the molecule is Cc1nn(C)c(Cl)c1CC(=O)C1(CN)CCCCCC1. The number of halogens is 1. The van der Waals surface area contributed by atoms with Crippen LogP contribution >= 0.6 is 11.6 Å². The van der Waals surface area contributed by atoms with Crippen LogP contribution in [0.3, 0.4) is 0 Å². The van der Waals surface area contributed by atoms with E-state index in [4.69, 9.17) is 17.3 Å². The Hall–Kier alpha value is -0.870. The van der Waals surface area contributed by atoms with Crippen molar-refractivity contribution in [3.05, 3.63) is 16.4 Å². The summed E-state index contributed by atoms with van der Waals surface area (Å²) in [6, 6.07) is 0. The molecule has 1 aliphatic carbocycles. The van der Waals surface area contributed by atoms with Gasteiger partial charge in [-0.1, -0.05) is 37.3 Å².